The van der Waals surface area contributed by atoms with E-state index < -0.39 is 0 Å². The van der Waals surface area contributed by atoms with E-state index in [9.17, 15) is 4.79 Å². The molecule has 2 aromatic carbocycles. The summed E-state index contributed by atoms with van der Waals surface area (Å²) in [5.41, 5.74) is 6.59. The summed E-state index contributed by atoms with van der Waals surface area (Å²) in [5.74, 6) is 0. The summed E-state index contributed by atoms with van der Waals surface area (Å²) in [6, 6.07) is 22.9. The van der Waals surface area contributed by atoms with Gasteiger partial charge in [0.2, 0.25) is 0 Å². The smallest absolute Gasteiger partial charge is 0.257 e. The number of rotatable bonds is 4. The lowest BCUT2D eigenvalue weighted by molar-refractivity contribution is 0.244. The predicted octanol–water partition coefficient (Wildman–Crippen LogP) is 4.31. The molecule has 3 heterocycles. The molecule has 0 saturated heterocycles. The third-order valence-electron chi connectivity index (χ3n) is 6.01. The van der Waals surface area contributed by atoms with E-state index in [1.54, 1.807) is 6.20 Å². The lowest BCUT2D eigenvalue weighted by Gasteiger charge is -2.30. The van der Waals surface area contributed by atoms with Crippen molar-refractivity contribution in [3.05, 3.63) is 111 Å². The van der Waals surface area contributed by atoms with Crippen molar-refractivity contribution in [1.82, 2.24) is 14.5 Å². The Labute approximate surface area is 176 Å². The van der Waals surface area contributed by atoms with Crippen molar-refractivity contribution >= 4 is 11.0 Å². The van der Waals surface area contributed by atoms with Crippen molar-refractivity contribution in [2.75, 3.05) is 6.54 Å². The number of hydrogen-bond acceptors (Lipinski definition) is 3. The number of benzene rings is 2. The first-order valence-corrected chi connectivity index (χ1v) is 10.5. The summed E-state index contributed by atoms with van der Waals surface area (Å²) in [6.07, 6.45) is 2.66. The van der Waals surface area contributed by atoms with Gasteiger partial charge in [0.25, 0.3) is 5.56 Å². The monoisotopic (exact) mass is 395 g/mol. The molecule has 0 unspecified atom stereocenters. The summed E-state index contributed by atoms with van der Waals surface area (Å²) < 4.78 is 1.85. The Morgan fingerprint density at radius 3 is 2.43 bits per heavy atom. The first-order valence-electron chi connectivity index (χ1n) is 10.5. The van der Waals surface area contributed by atoms with Crippen LogP contribution in [0.4, 0.5) is 0 Å². The fraction of sp³-hybridized carbons (Fsp3) is 0.231. The average Bonchev–Trinajstić information content (AvgIpc) is 2.79. The standard InChI is InChI=1S/C26H25N3O/c1-19-9-11-21(12-10-19)17-29-25-23(8-5-14-27-25)22-13-15-28(18-24(22)26(29)30)16-20-6-3-2-4-7-20/h2-12,14H,13,15-18H2,1H3. The molecule has 0 amide bonds. The molecular formula is C26H25N3O. The highest BCUT2D eigenvalue weighted by atomic mass is 16.1. The molecule has 4 aromatic rings. The van der Waals surface area contributed by atoms with Crippen LogP contribution >= 0.6 is 0 Å². The molecule has 0 N–H and O–H groups in total. The number of pyridine rings is 2. The van der Waals surface area contributed by atoms with E-state index in [2.05, 4.69) is 71.4 Å². The Bertz CT molecular complexity index is 1240. The van der Waals surface area contributed by atoms with Crippen LogP contribution in [0.5, 0.6) is 0 Å². The van der Waals surface area contributed by atoms with Crippen LogP contribution in [-0.2, 0) is 26.1 Å². The molecule has 150 valence electrons. The highest BCUT2D eigenvalue weighted by Crippen LogP contribution is 2.25. The summed E-state index contributed by atoms with van der Waals surface area (Å²) >= 11 is 0. The van der Waals surface area contributed by atoms with Crippen molar-refractivity contribution in [3.63, 3.8) is 0 Å². The van der Waals surface area contributed by atoms with E-state index in [0.717, 1.165) is 41.7 Å². The fourth-order valence-corrected chi connectivity index (χ4v) is 4.42. The van der Waals surface area contributed by atoms with Gasteiger partial charge in [-0.15, -0.1) is 0 Å². The van der Waals surface area contributed by atoms with Gasteiger partial charge in [-0.25, -0.2) is 4.98 Å². The summed E-state index contributed by atoms with van der Waals surface area (Å²) in [6.45, 7) is 5.11. The molecule has 0 aliphatic carbocycles. The van der Waals surface area contributed by atoms with Crippen molar-refractivity contribution in [2.45, 2.75) is 33.0 Å². The van der Waals surface area contributed by atoms with Gasteiger partial charge in [-0.1, -0.05) is 60.2 Å². The summed E-state index contributed by atoms with van der Waals surface area (Å²) in [7, 11) is 0. The molecule has 5 rings (SSSR count). The number of nitrogens with zero attached hydrogens (tertiary/aromatic N) is 3. The molecule has 2 aromatic heterocycles. The van der Waals surface area contributed by atoms with E-state index in [1.807, 2.05) is 16.7 Å². The van der Waals surface area contributed by atoms with Gasteiger partial charge < -0.3 is 0 Å². The van der Waals surface area contributed by atoms with Crippen LogP contribution in [0.15, 0.2) is 77.7 Å². The minimum Gasteiger partial charge on any atom is -0.294 e. The second kappa shape index (κ2) is 7.88. The molecule has 1 aliphatic rings. The Morgan fingerprint density at radius 2 is 1.63 bits per heavy atom. The maximum Gasteiger partial charge on any atom is 0.257 e. The summed E-state index contributed by atoms with van der Waals surface area (Å²) in [4.78, 5) is 20.6. The third-order valence-corrected chi connectivity index (χ3v) is 6.01. The largest absolute Gasteiger partial charge is 0.294 e. The van der Waals surface area contributed by atoms with Gasteiger partial charge >= 0.3 is 0 Å². The van der Waals surface area contributed by atoms with E-state index in [0.29, 0.717) is 13.1 Å². The van der Waals surface area contributed by atoms with Gasteiger partial charge in [0.05, 0.1) is 6.54 Å². The van der Waals surface area contributed by atoms with E-state index in [1.165, 1.54) is 16.7 Å². The lowest BCUT2D eigenvalue weighted by Crippen LogP contribution is -2.37. The van der Waals surface area contributed by atoms with Crippen LogP contribution in [0.2, 0.25) is 0 Å². The number of aromatic nitrogens is 2. The second-order valence-corrected chi connectivity index (χ2v) is 8.15. The SMILES string of the molecule is Cc1ccc(Cn2c(=O)c3c(c4cccnc42)CCN(Cc2ccccc2)C3)cc1. The number of hydrogen-bond donors (Lipinski definition) is 0. The van der Waals surface area contributed by atoms with Crippen molar-refractivity contribution < 1.29 is 0 Å². The molecule has 0 atom stereocenters. The van der Waals surface area contributed by atoms with Crippen molar-refractivity contribution in [3.8, 4) is 0 Å². The van der Waals surface area contributed by atoms with Crippen LogP contribution in [0, 0.1) is 6.92 Å². The molecule has 4 nitrogen and oxygen atoms in total. The van der Waals surface area contributed by atoms with Crippen molar-refractivity contribution in [1.29, 1.82) is 0 Å². The zero-order valence-corrected chi connectivity index (χ0v) is 17.2. The van der Waals surface area contributed by atoms with E-state index >= 15 is 0 Å². The average molecular weight is 396 g/mol. The highest BCUT2D eigenvalue weighted by molar-refractivity contribution is 5.80. The normalized spacial score (nSPS) is 14.0. The fourth-order valence-electron chi connectivity index (χ4n) is 4.42. The Morgan fingerprint density at radius 1 is 0.867 bits per heavy atom. The molecule has 0 bridgehead atoms. The van der Waals surface area contributed by atoms with E-state index in [4.69, 9.17) is 0 Å². The number of fused-ring (bicyclic) bond motifs is 3. The predicted molar refractivity (Wildman–Crippen MR) is 121 cm³/mol. The zero-order valence-electron chi connectivity index (χ0n) is 17.2. The molecular weight excluding hydrogens is 370 g/mol. The Hall–Kier alpha value is -3.24. The first kappa shape index (κ1) is 18.8. The van der Waals surface area contributed by atoms with E-state index in [-0.39, 0.29) is 5.56 Å². The highest BCUT2D eigenvalue weighted by Gasteiger charge is 2.24. The minimum absolute atomic E-state index is 0.0922. The molecule has 0 fully saturated rings. The Balaban J connectivity index is 1.56. The second-order valence-electron chi connectivity index (χ2n) is 8.15. The first-order chi connectivity index (χ1) is 14.7. The quantitative estimate of drug-likeness (QED) is 0.517. The number of aryl methyl sites for hydroxylation is 1. The van der Waals surface area contributed by atoms with Gasteiger partial charge in [-0.2, -0.15) is 0 Å². The van der Waals surface area contributed by atoms with Crippen LogP contribution in [-0.4, -0.2) is 21.0 Å². The Kier molecular flexibility index (Phi) is 4.93. The van der Waals surface area contributed by atoms with Gasteiger partial charge in [-0.3, -0.25) is 14.3 Å². The lowest BCUT2D eigenvalue weighted by atomic mass is 9.97. The molecule has 1 aliphatic heterocycles. The van der Waals surface area contributed by atoms with Crippen molar-refractivity contribution in [2.24, 2.45) is 0 Å². The van der Waals surface area contributed by atoms with Crippen LogP contribution in [0.1, 0.15) is 27.8 Å². The molecule has 30 heavy (non-hydrogen) atoms. The van der Waals surface area contributed by atoms with Gasteiger partial charge in [-0.05, 0) is 42.2 Å². The maximum absolute atomic E-state index is 13.6. The zero-order chi connectivity index (χ0) is 20.5. The topological polar surface area (TPSA) is 38.1 Å². The van der Waals surface area contributed by atoms with Crippen LogP contribution < -0.4 is 5.56 Å². The summed E-state index contributed by atoms with van der Waals surface area (Å²) in [5, 5.41) is 1.11. The van der Waals surface area contributed by atoms with Crippen LogP contribution in [0.25, 0.3) is 11.0 Å². The minimum atomic E-state index is 0.0922. The van der Waals surface area contributed by atoms with Gasteiger partial charge in [0.1, 0.15) is 5.65 Å². The molecule has 0 spiro atoms. The molecule has 4 heteroatoms. The molecule has 0 radical (unpaired) electrons. The third kappa shape index (κ3) is 3.55. The molecule has 0 saturated carbocycles. The van der Waals surface area contributed by atoms with Crippen LogP contribution in [0.3, 0.4) is 0 Å². The maximum atomic E-state index is 13.6. The van der Waals surface area contributed by atoms with Gasteiger partial charge in [0.15, 0.2) is 0 Å². The van der Waals surface area contributed by atoms with Gasteiger partial charge in [0, 0.05) is 36.8 Å².